The molecule has 3 saturated heterocycles. The second-order valence-electron chi connectivity index (χ2n) is 6.10. The molecule has 0 radical (unpaired) electrons. The monoisotopic (exact) mass is 265 g/mol. The Bertz CT molecular complexity index is 362. The van der Waals surface area contributed by atoms with Crippen LogP contribution in [0, 0.1) is 5.92 Å². The van der Waals surface area contributed by atoms with E-state index in [1.807, 2.05) is 0 Å². The number of hydrogen-bond donors (Lipinski definition) is 2. The van der Waals surface area contributed by atoms with Gasteiger partial charge in [0.25, 0.3) is 0 Å². The van der Waals surface area contributed by atoms with Gasteiger partial charge in [0.1, 0.15) is 0 Å². The largest absolute Gasteiger partial charge is 0.355 e. The molecule has 3 rings (SSSR count). The van der Waals surface area contributed by atoms with Gasteiger partial charge in [-0.3, -0.25) is 9.59 Å². The highest BCUT2D eigenvalue weighted by Crippen LogP contribution is 2.27. The second-order valence-corrected chi connectivity index (χ2v) is 6.10. The first-order chi connectivity index (χ1) is 9.22. The molecule has 0 aliphatic carbocycles. The Morgan fingerprint density at radius 3 is 2.95 bits per heavy atom. The van der Waals surface area contributed by atoms with Crippen LogP contribution in [0.15, 0.2) is 0 Å². The third-order valence-corrected chi connectivity index (χ3v) is 4.80. The summed E-state index contributed by atoms with van der Waals surface area (Å²) in [6.45, 7) is 2.87. The van der Waals surface area contributed by atoms with Crippen LogP contribution in [0.2, 0.25) is 0 Å². The highest BCUT2D eigenvalue weighted by molar-refractivity contribution is 5.83. The minimum Gasteiger partial charge on any atom is -0.355 e. The van der Waals surface area contributed by atoms with E-state index in [1.165, 1.54) is 19.4 Å². The zero-order valence-electron chi connectivity index (χ0n) is 11.4. The van der Waals surface area contributed by atoms with Gasteiger partial charge in [0.15, 0.2) is 0 Å². The summed E-state index contributed by atoms with van der Waals surface area (Å²) in [4.78, 5) is 25.8. The van der Waals surface area contributed by atoms with Crippen LogP contribution in [0.5, 0.6) is 0 Å². The Morgan fingerprint density at radius 2 is 2.16 bits per heavy atom. The van der Waals surface area contributed by atoms with Gasteiger partial charge in [0.2, 0.25) is 11.8 Å². The maximum absolute atomic E-state index is 12.2. The van der Waals surface area contributed by atoms with Crippen molar-refractivity contribution in [2.24, 2.45) is 5.92 Å². The van der Waals surface area contributed by atoms with E-state index in [4.69, 9.17) is 0 Å². The van der Waals surface area contributed by atoms with Gasteiger partial charge in [-0.05, 0) is 38.6 Å². The Morgan fingerprint density at radius 1 is 1.26 bits per heavy atom. The number of carbonyl (C=O) groups excluding carboxylic acids is 2. The zero-order valence-corrected chi connectivity index (χ0v) is 11.4. The summed E-state index contributed by atoms with van der Waals surface area (Å²) in [7, 11) is 0. The smallest absolute Gasteiger partial charge is 0.225 e. The average molecular weight is 265 g/mol. The molecule has 3 aliphatic heterocycles. The minimum absolute atomic E-state index is 0.0284. The highest BCUT2D eigenvalue weighted by atomic mass is 16.2. The molecule has 2 amide bonds. The van der Waals surface area contributed by atoms with Crippen molar-refractivity contribution in [2.45, 2.75) is 50.6 Å². The lowest BCUT2D eigenvalue weighted by molar-refractivity contribution is -0.129. The molecule has 3 heterocycles. The summed E-state index contributed by atoms with van der Waals surface area (Å²) >= 11 is 0. The summed E-state index contributed by atoms with van der Waals surface area (Å²) in [5.74, 6) is 0.180. The topological polar surface area (TPSA) is 61.4 Å². The van der Waals surface area contributed by atoms with E-state index in [9.17, 15) is 9.59 Å². The molecule has 3 atom stereocenters. The van der Waals surface area contributed by atoms with Crippen molar-refractivity contribution < 1.29 is 9.59 Å². The van der Waals surface area contributed by atoms with Gasteiger partial charge in [-0.1, -0.05) is 0 Å². The van der Waals surface area contributed by atoms with Gasteiger partial charge in [-0.25, -0.2) is 0 Å². The van der Waals surface area contributed by atoms with Gasteiger partial charge >= 0.3 is 0 Å². The predicted octanol–water partition coefficient (Wildman–Crippen LogP) is 0.256. The molecule has 2 N–H and O–H groups in total. The van der Waals surface area contributed by atoms with Crippen molar-refractivity contribution >= 4 is 11.8 Å². The van der Waals surface area contributed by atoms with Crippen LogP contribution >= 0.6 is 0 Å². The summed E-state index contributed by atoms with van der Waals surface area (Å²) in [6.07, 6.45) is 5.94. The number of piperidine rings is 2. The average Bonchev–Trinajstić information content (AvgIpc) is 2.87. The maximum Gasteiger partial charge on any atom is 0.225 e. The molecule has 5 heteroatoms. The Hall–Kier alpha value is -1.10. The standard InChI is InChI=1S/C14H23N3O2/c18-13-4-3-10(9-15-13)14(19)16-11-5-7-17-6-1-2-12(17)8-11/h10-12H,1-9H2,(H,15,18)(H,16,19). The maximum atomic E-state index is 12.2. The number of hydrogen-bond acceptors (Lipinski definition) is 3. The quantitative estimate of drug-likeness (QED) is 0.752. The van der Waals surface area contributed by atoms with Crippen molar-refractivity contribution in [3.05, 3.63) is 0 Å². The molecule has 19 heavy (non-hydrogen) atoms. The van der Waals surface area contributed by atoms with Crippen LogP contribution in [0.3, 0.4) is 0 Å². The van der Waals surface area contributed by atoms with Gasteiger partial charge in [0.05, 0.1) is 5.92 Å². The van der Waals surface area contributed by atoms with Crippen molar-refractivity contribution in [1.29, 1.82) is 0 Å². The lowest BCUT2D eigenvalue weighted by Gasteiger charge is -2.36. The fourth-order valence-electron chi connectivity index (χ4n) is 3.63. The molecule has 5 nitrogen and oxygen atoms in total. The van der Waals surface area contributed by atoms with Crippen molar-refractivity contribution in [1.82, 2.24) is 15.5 Å². The van der Waals surface area contributed by atoms with Gasteiger partial charge in [-0.2, -0.15) is 0 Å². The molecule has 0 spiro atoms. The number of fused-ring (bicyclic) bond motifs is 1. The molecule has 0 aromatic heterocycles. The zero-order chi connectivity index (χ0) is 13.2. The molecule has 0 aromatic carbocycles. The van der Waals surface area contributed by atoms with Gasteiger partial charge in [-0.15, -0.1) is 0 Å². The number of carbonyl (C=O) groups is 2. The number of rotatable bonds is 2. The van der Waals surface area contributed by atoms with E-state index in [-0.39, 0.29) is 17.7 Å². The highest BCUT2D eigenvalue weighted by Gasteiger charge is 2.33. The number of nitrogens with one attached hydrogen (secondary N) is 2. The minimum atomic E-state index is -0.0284. The van der Waals surface area contributed by atoms with E-state index < -0.39 is 0 Å². The predicted molar refractivity (Wildman–Crippen MR) is 71.5 cm³/mol. The molecule has 0 saturated carbocycles. The summed E-state index contributed by atoms with van der Waals surface area (Å²) in [6, 6.07) is 1.02. The molecule has 3 aliphatic rings. The number of amides is 2. The Kier molecular flexibility index (Phi) is 3.73. The van der Waals surface area contributed by atoms with Crippen molar-refractivity contribution in [3.8, 4) is 0 Å². The molecular formula is C14H23N3O2. The first kappa shape index (κ1) is 12.9. The normalized spacial score (nSPS) is 35.6. The fourth-order valence-corrected chi connectivity index (χ4v) is 3.63. The van der Waals surface area contributed by atoms with Crippen LogP contribution in [-0.4, -0.2) is 48.4 Å². The van der Waals surface area contributed by atoms with Crippen LogP contribution in [-0.2, 0) is 9.59 Å². The number of nitrogens with zero attached hydrogens (tertiary/aromatic N) is 1. The lowest BCUT2D eigenvalue weighted by atomic mass is 9.94. The van der Waals surface area contributed by atoms with E-state index in [1.54, 1.807) is 0 Å². The van der Waals surface area contributed by atoms with E-state index >= 15 is 0 Å². The first-order valence-corrected chi connectivity index (χ1v) is 7.53. The molecule has 0 bridgehead atoms. The van der Waals surface area contributed by atoms with Crippen LogP contribution < -0.4 is 10.6 Å². The fraction of sp³-hybridized carbons (Fsp3) is 0.857. The van der Waals surface area contributed by atoms with Crippen molar-refractivity contribution in [3.63, 3.8) is 0 Å². The van der Waals surface area contributed by atoms with Gasteiger partial charge < -0.3 is 15.5 Å². The second kappa shape index (κ2) is 5.49. The van der Waals surface area contributed by atoms with E-state index in [0.29, 0.717) is 31.5 Å². The Labute approximate surface area is 114 Å². The Balaban J connectivity index is 1.48. The molecule has 0 aromatic rings. The molecule has 3 fully saturated rings. The lowest BCUT2D eigenvalue weighted by Crippen LogP contribution is -2.50. The summed E-state index contributed by atoms with van der Waals surface area (Å²) < 4.78 is 0. The van der Waals surface area contributed by atoms with Crippen LogP contribution in [0.4, 0.5) is 0 Å². The summed E-state index contributed by atoms with van der Waals surface area (Å²) in [5.41, 5.74) is 0. The molecular weight excluding hydrogens is 242 g/mol. The molecule has 3 unspecified atom stereocenters. The first-order valence-electron chi connectivity index (χ1n) is 7.53. The third kappa shape index (κ3) is 2.91. The van der Waals surface area contributed by atoms with Crippen LogP contribution in [0.1, 0.15) is 38.5 Å². The third-order valence-electron chi connectivity index (χ3n) is 4.80. The molecule has 106 valence electrons. The summed E-state index contributed by atoms with van der Waals surface area (Å²) in [5, 5.41) is 5.98. The van der Waals surface area contributed by atoms with E-state index in [0.717, 1.165) is 19.4 Å². The van der Waals surface area contributed by atoms with E-state index in [2.05, 4.69) is 15.5 Å². The van der Waals surface area contributed by atoms with Crippen LogP contribution in [0.25, 0.3) is 0 Å². The van der Waals surface area contributed by atoms with Gasteiger partial charge in [0, 0.05) is 31.6 Å². The van der Waals surface area contributed by atoms with Crippen molar-refractivity contribution in [2.75, 3.05) is 19.6 Å². The SMILES string of the molecule is O=C1CCC(C(=O)NC2CCN3CCCC3C2)CN1.